The molecule has 1 heterocycles. The zero-order valence-corrected chi connectivity index (χ0v) is 16.7. The third kappa shape index (κ3) is 6.44. The minimum Gasteiger partial charge on any atom is -0.406 e. The monoisotopic (exact) mass is 503 g/mol. The van der Waals surface area contributed by atoms with Crippen LogP contribution in [0.1, 0.15) is 5.82 Å². The molecular weight excluding hydrogens is 486 g/mol. The highest BCUT2D eigenvalue weighted by Crippen LogP contribution is 2.23. The zero-order valence-electron chi connectivity index (χ0n) is 14.4. The van der Waals surface area contributed by atoms with E-state index in [0.29, 0.717) is 11.5 Å². The molecule has 3 rings (SSSR count). The van der Waals surface area contributed by atoms with Crippen molar-refractivity contribution in [2.45, 2.75) is 12.9 Å². The van der Waals surface area contributed by atoms with Gasteiger partial charge < -0.3 is 20.8 Å². The van der Waals surface area contributed by atoms with E-state index in [-0.39, 0.29) is 42.2 Å². The summed E-state index contributed by atoms with van der Waals surface area (Å²) in [4.78, 5) is 11.6. The van der Waals surface area contributed by atoms with Gasteiger partial charge in [0.1, 0.15) is 18.1 Å². The van der Waals surface area contributed by atoms with Gasteiger partial charge in [-0.15, -0.1) is 37.1 Å². The molecule has 1 aromatic heterocycles. The number of H-pyrrole nitrogens is 1. The highest BCUT2D eigenvalue weighted by atomic mass is 127. The molecule has 6 nitrogen and oxygen atoms in total. The third-order valence-electron chi connectivity index (χ3n) is 3.47. The van der Waals surface area contributed by atoms with E-state index >= 15 is 0 Å². The van der Waals surface area contributed by atoms with Crippen molar-refractivity contribution in [2.24, 2.45) is 10.7 Å². The Morgan fingerprint density at radius 1 is 1.11 bits per heavy atom. The standard InChI is InChI=1S/C18H16F3N5O.HI/c19-18(20,21)27-14-8-6-13(7-9-14)25-17(22)24-11-16-23-10-15(26-16)12-4-2-1-3-5-12;/h1-10H,11H2,(H,23,26)(H3,22,24,25);1H. The number of hydrogen-bond donors (Lipinski definition) is 3. The molecule has 0 saturated carbocycles. The van der Waals surface area contributed by atoms with Crippen LogP contribution in [0.15, 0.2) is 65.8 Å². The molecule has 0 atom stereocenters. The largest absolute Gasteiger partial charge is 0.573 e. The molecule has 3 aromatic rings. The molecule has 0 bridgehead atoms. The maximum Gasteiger partial charge on any atom is 0.573 e. The molecule has 4 N–H and O–H groups in total. The number of nitrogens with zero attached hydrogens (tertiary/aromatic N) is 2. The molecule has 0 amide bonds. The number of rotatable bonds is 5. The van der Waals surface area contributed by atoms with Crippen LogP contribution in [0.5, 0.6) is 5.75 Å². The highest BCUT2D eigenvalue weighted by Gasteiger charge is 2.30. The summed E-state index contributed by atoms with van der Waals surface area (Å²) >= 11 is 0. The summed E-state index contributed by atoms with van der Waals surface area (Å²) in [5, 5.41) is 2.79. The van der Waals surface area contributed by atoms with E-state index in [2.05, 4.69) is 25.0 Å². The van der Waals surface area contributed by atoms with Crippen molar-refractivity contribution < 1.29 is 17.9 Å². The molecule has 28 heavy (non-hydrogen) atoms. The average molecular weight is 503 g/mol. The first-order chi connectivity index (χ1) is 12.9. The van der Waals surface area contributed by atoms with Crippen molar-refractivity contribution in [3.63, 3.8) is 0 Å². The van der Waals surface area contributed by atoms with Crippen LogP contribution in [0.3, 0.4) is 0 Å². The first kappa shape index (κ1) is 21.5. The van der Waals surface area contributed by atoms with E-state index < -0.39 is 6.36 Å². The van der Waals surface area contributed by atoms with Crippen LogP contribution >= 0.6 is 24.0 Å². The number of alkyl halides is 3. The van der Waals surface area contributed by atoms with E-state index in [4.69, 9.17) is 5.73 Å². The first-order valence-electron chi connectivity index (χ1n) is 7.91. The summed E-state index contributed by atoms with van der Waals surface area (Å²) < 4.78 is 40.2. The molecule has 0 unspecified atom stereocenters. The lowest BCUT2D eigenvalue weighted by atomic mass is 10.2. The minimum atomic E-state index is -4.73. The number of guanidine groups is 1. The number of nitrogens with one attached hydrogen (secondary N) is 2. The Morgan fingerprint density at radius 3 is 2.43 bits per heavy atom. The van der Waals surface area contributed by atoms with Gasteiger partial charge in [-0.25, -0.2) is 9.98 Å². The fourth-order valence-electron chi connectivity index (χ4n) is 2.29. The van der Waals surface area contributed by atoms with Crippen LogP contribution in [0.25, 0.3) is 11.3 Å². The van der Waals surface area contributed by atoms with Crippen molar-refractivity contribution >= 4 is 35.6 Å². The quantitative estimate of drug-likeness (QED) is 0.272. The molecule has 0 radical (unpaired) electrons. The van der Waals surface area contributed by atoms with Gasteiger partial charge in [-0.3, -0.25) is 0 Å². The fraction of sp³-hybridized carbons (Fsp3) is 0.111. The van der Waals surface area contributed by atoms with Gasteiger partial charge >= 0.3 is 6.36 Å². The number of imidazole rings is 1. The Kier molecular flexibility index (Phi) is 7.26. The zero-order chi connectivity index (χ0) is 19.3. The van der Waals surface area contributed by atoms with Crippen LogP contribution in [0, 0.1) is 0 Å². The minimum absolute atomic E-state index is 0. The number of halogens is 4. The Balaban J connectivity index is 0.00000280. The Morgan fingerprint density at radius 2 is 1.79 bits per heavy atom. The van der Waals surface area contributed by atoms with Gasteiger partial charge in [0.15, 0.2) is 5.96 Å². The van der Waals surface area contributed by atoms with Gasteiger partial charge in [-0.05, 0) is 29.8 Å². The van der Waals surface area contributed by atoms with Crippen LogP contribution in [0.2, 0.25) is 0 Å². The lowest BCUT2D eigenvalue weighted by Crippen LogP contribution is -2.22. The predicted molar refractivity (Wildman–Crippen MR) is 112 cm³/mol. The number of hydrogen-bond acceptors (Lipinski definition) is 3. The Hall–Kier alpha value is -2.76. The number of aromatic nitrogens is 2. The number of anilines is 1. The van der Waals surface area contributed by atoms with Crippen molar-refractivity contribution in [2.75, 3.05) is 5.32 Å². The topological polar surface area (TPSA) is 88.3 Å². The van der Waals surface area contributed by atoms with Gasteiger partial charge in [-0.2, -0.15) is 0 Å². The van der Waals surface area contributed by atoms with Crippen molar-refractivity contribution in [1.82, 2.24) is 9.97 Å². The molecule has 0 aliphatic rings. The second-order valence-electron chi connectivity index (χ2n) is 5.51. The molecule has 0 saturated heterocycles. The molecule has 0 aliphatic heterocycles. The summed E-state index contributed by atoms with van der Waals surface area (Å²) in [6.07, 6.45) is -3.01. The fourth-order valence-corrected chi connectivity index (χ4v) is 2.29. The average Bonchev–Trinajstić information content (AvgIpc) is 3.10. The van der Waals surface area contributed by atoms with Crippen LogP contribution in [0.4, 0.5) is 18.9 Å². The summed E-state index contributed by atoms with van der Waals surface area (Å²) in [5.41, 5.74) is 8.15. The summed E-state index contributed by atoms with van der Waals surface area (Å²) in [6.45, 7) is 0.223. The van der Waals surface area contributed by atoms with Crippen LogP contribution in [-0.2, 0) is 6.54 Å². The van der Waals surface area contributed by atoms with Crippen molar-refractivity contribution in [1.29, 1.82) is 0 Å². The van der Waals surface area contributed by atoms with E-state index in [1.807, 2.05) is 30.3 Å². The number of nitrogens with two attached hydrogens (primary N) is 1. The molecule has 148 valence electrons. The van der Waals surface area contributed by atoms with Crippen LogP contribution < -0.4 is 15.8 Å². The molecule has 0 aliphatic carbocycles. The first-order valence-corrected chi connectivity index (χ1v) is 7.91. The Bertz CT molecular complexity index is 911. The van der Waals surface area contributed by atoms with Gasteiger partial charge in [-0.1, -0.05) is 30.3 Å². The Labute approximate surface area is 176 Å². The van der Waals surface area contributed by atoms with Crippen LogP contribution in [-0.4, -0.2) is 22.3 Å². The maximum atomic E-state index is 12.1. The number of aliphatic imine (C=N–C) groups is 1. The lowest BCUT2D eigenvalue weighted by molar-refractivity contribution is -0.274. The van der Waals surface area contributed by atoms with E-state index in [0.717, 1.165) is 11.3 Å². The summed E-state index contributed by atoms with van der Waals surface area (Å²) in [7, 11) is 0. The van der Waals surface area contributed by atoms with Crippen molar-refractivity contribution in [3.05, 3.63) is 66.6 Å². The highest BCUT2D eigenvalue weighted by molar-refractivity contribution is 14.0. The number of ether oxygens (including phenoxy) is 1. The number of benzene rings is 2. The maximum absolute atomic E-state index is 12.1. The van der Waals surface area contributed by atoms with Gasteiger partial charge in [0.05, 0.1) is 11.9 Å². The molecular formula is C18H17F3IN5O. The normalized spacial score (nSPS) is 11.6. The van der Waals surface area contributed by atoms with E-state index in [1.165, 1.54) is 24.3 Å². The summed E-state index contributed by atoms with van der Waals surface area (Å²) in [5.74, 6) is 0.428. The molecule has 2 aromatic carbocycles. The second kappa shape index (κ2) is 9.44. The van der Waals surface area contributed by atoms with Crippen molar-refractivity contribution in [3.8, 4) is 17.0 Å². The smallest absolute Gasteiger partial charge is 0.406 e. The predicted octanol–water partition coefficient (Wildman–Crippen LogP) is 4.52. The third-order valence-corrected chi connectivity index (χ3v) is 3.47. The van der Waals surface area contributed by atoms with Gasteiger partial charge in [0.2, 0.25) is 0 Å². The van der Waals surface area contributed by atoms with E-state index in [1.54, 1.807) is 6.20 Å². The van der Waals surface area contributed by atoms with Gasteiger partial charge in [0, 0.05) is 5.69 Å². The van der Waals surface area contributed by atoms with Gasteiger partial charge in [0.25, 0.3) is 0 Å². The molecule has 0 fully saturated rings. The van der Waals surface area contributed by atoms with E-state index in [9.17, 15) is 13.2 Å². The number of aromatic amines is 1. The molecule has 0 spiro atoms. The molecule has 10 heteroatoms. The second-order valence-corrected chi connectivity index (χ2v) is 5.51. The SMILES string of the molecule is I.NC(=NCc1ncc(-c2ccccc2)[nH]1)Nc1ccc(OC(F)(F)F)cc1. The lowest BCUT2D eigenvalue weighted by Gasteiger charge is -2.10. The summed E-state index contributed by atoms with van der Waals surface area (Å²) in [6, 6.07) is 14.9.